The lowest BCUT2D eigenvalue weighted by atomic mass is 10.0. The largest absolute Gasteiger partial charge is 0.411 e. The van der Waals surface area contributed by atoms with Gasteiger partial charge in [0.05, 0.1) is 0 Å². The second-order valence-corrected chi connectivity index (χ2v) is 3.36. The summed E-state index contributed by atoms with van der Waals surface area (Å²) in [5.41, 5.74) is 3.08. The Bertz CT molecular complexity index is 394. The number of benzene rings is 1. The van der Waals surface area contributed by atoms with E-state index in [0.717, 1.165) is 12.0 Å². The van der Waals surface area contributed by atoms with Gasteiger partial charge in [-0.3, -0.25) is 0 Å². The third-order valence-electron chi connectivity index (χ3n) is 2.31. The zero-order chi connectivity index (χ0) is 12.0. The van der Waals surface area contributed by atoms with Gasteiger partial charge in [0.15, 0.2) is 0 Å². The minimum atomic E-state index is 0.422. The van der Waals surface area contributed by atoms with Gasteiger partial charge in [-0.25, -0.2) is 0 Å². The van der Waals surface area contributed by atoms with E-state index in [9.17, 15) is 0 Å². The predicted molar refractivity (Wildman–Crippen MR) is 64.3 cm³/mol. The van der Waals surface area contributed by atoms with Crippen LogP contribution in [0.3, 0.4) is 0 Å². The number of oxime groups is 2. The first-order valence-electron chi connectivity index (χ1n) is 5.12. The Balaban J connectivity index is 3.07. The molecule has 0 bridgehead atoms. The Hall–Kier alpha value is -1.84. The summed E-state index contributed by atoms with van der Waals surface area (Å²) < 4.78 is 0. The Kier molecular flexibility index (Phi) is 4.51. The molecule has 1 aromatic rings. The lowest BCUT2D eigenvalue weighted by Gasteiger charge is -2.05. The van der Waals surface area contributed by atoms with Crippen LogP contribution < -0.4 is 0 Å². The third kappa shape index (κ3) is 2.82. The van der Waals surface area contributed by atoms with Gasteiger partial charge in [0, 0.05) is 5.56 Å². The molecule has 1 aromatic carbocycles. The van der Waals surface area contributed by atoms with E-state index in [4.69, 9.17) is 10.0 Å². The summed E-state index contributed by atoms with van der Waals surface area (Å²) >= 11 is 0. The number of hydrogen-bond acceptors (Lipinski definition) is 4. The number of nitrogens with zero attached hydrogens (tertiary/aromatic N) is 2. The standard InChI is InChI=1S/C12H16N2O2/c1-4-10-5-7-11(8-6-10)12(14-16-3)9(2)13-15/h5-8,15H,4H2,1-3H3/b13-9+,14-12+. The van der Waals surface area contributed by atoms with Crippen molar-refractivity contribution in [2.75, 3.05) is 7.11 Å². The van der Waals surface area contributed by atoms with Crippen LogP contribution in [-0.2, 0) is 11.3 Å². The van der Waals surface area contributed by atoms with Gasteiger partial charge in [0.2, 0.25) is 0 Å². The van der Waals surface area contributed by atoms with Crippen LogP contribution in [0.5, 0.6) is 0 Å². The Morgan fingerprint density at radius 1 is 1.31 bits per heavy atom. The molecule has 0 saturated heterocycles. The van der Waals surface area contributed by atoms with Crippen LogP contribution >= 0.6 is 0 Å². The van der Waals surface area contributed by atoms with Crippen molar-refractivity contribution >= 4 is 11.4 Å². The molecule has 0 spiro atoms. The summed E-state index contributed by atoms with van der Waals surface area (Å²) in [6, 6.07) is 7.91. The molecule has 1 rings (SSSR count). The van der Waals surface area contributed by atoms with E-state index < -0.39 is 0 Å². The normalized spacial score (nSPS) is 12.7. The van der Waals surface area contributed by atoms with Crippen molar-refractivity contribution in [3.63, 3.8) is 0 Å². The van der Waals surface area contributed by atoms with Gasteiger partial charge in [-0.15, -0.1) is 0 Å². The second kappa shape index (κ2) is 5.90. The first kappa shape index (κ1) is 12.2. The fraction of sp³-hybridized carbons (Fsp3) is 0.333. The number of rotatable bonds is 4. The molecule has 0 amide bonds. The maximum Gasteiger partial charge on any atom is 0.134 e. The van der Waals surface area contributed by atoms with Gasteiger partial charge in [0.1, 0.15) is 18.5 Å². The molecule has 4 nitrogen and oxygen atoms in total. The molecule has 1 N–H and O–H groups in total. The maximum absolute atomic E-state index is 8.75. The third-order valence-corrected chi connectivity index (χ3v) is 2.31. The van der Waals surface area contributed by atoms with Crippen molar-refractivity contribution < 1.29 is 10.0 Å². The first-order chi connectivity index (χ1) is 7.72. The summed E-state index contributed by atoms with van der Waals surface area (Å²) in [4.78, 5) is 4.73. The van der Waals surface area contributed by atoms with E-state index in [1.54, 1.807) is 6.92 Å². The zero-order valence-electron chi connectivity index (χ0n) is 9.77. The van der Waals surface area contributed by atoms with E-state index in [0.29, 0.717) is 11.4 Å². The topological polar surface area (TPSA) is 54.2 Å². The molecule has 0 aromatic heterocycles. The van der Waals surface area contributed by atoms with E-state index in [1.165, 1.54) is 12.7 Å². The van der Waals surface area contributed by atoms with Crippen LogP contribution in [0.15, 0.2) is 34.6 Å². The highest BCUT2D eigenvalue weighted by Gasteiger charge is 2.08. The van der Waals surface area contributed by atoms with Gasteiger partial charge in [0.25, 0.3) is 0 Å². The Labute approximate surface area is 95.2 Å². The van der Waals surface area contributed by atoms with E-state index in [1.807, 2.05) is 24.3 Å². The average Bonchev–Trinajstić information content (AvgIpc) is 2.35. The number of hydrogen-bond donors (Lipinski definition) is 1. The summed E-state index contributed by atoms with van der Waals surface area (Å²) in [6.07, 6.45) is 0.990. The monoisotopic (exact) mass is 220 g/mol. The SMILES string of the molecule is CCc1ccc(C(=N/OC)/C(C)=N/O)cc1. The molecular formula is C12H16N2O2. The quantitative estimate of drug-likeness (QED) is 0.481. The van der Waals surface area contributed by atoms with Crippen molar-refractivity contribution in [1.29, 1.82) is 0 Å². The van der Waals surface area contributed by atoms with Crippen LogP contribution in [0.25, 0.3) is 0 Å². The summed E-state index contributed by atoms with van der Waals surface area (Å²) in [5.74, 6) is 0. The molecule has 0 aliphatic rings. The molecule has 0 heterocycles. The highest BCUT2D eigenvalue weighted by Crippen LogP contribution is 2.08. The lowest BCUT2D eigenvalue weighted by Crippen LogP contribution is -2.12. The van der Waals surface area contributed by atoms with Crippen LogP contribution in [0.2, 0.25) is 0 Å². The van der Waals surface area contributed by atoms with Gasteiger partial charge in [-0.05, 0) is 18.9 Å². The van der Waals surface area contributed by atoms with Gasteiger partial charge in [-0.1, -0.05) is 41.5 Å². The fourth-order valence-corrected chi connectivity index (χ4v) is 1.36. The molecule has 0 saturated carbocycles. The van der Waals surface area contributed by atoms with Gasteiger partial charge >= 0.3 is 0 Å². The molecule has 0 unspecified atom stereocenters. The van der Waals surface area contributed by atoms with Crippen LogP contribution in [0, 0.1) is 0 Å². The maximum atomic E-state index is 8.75. The lowest BCUT2D eigenvalue weighted by molar-refractivity contribution is 0.214. The van der Waals surface area contributed by atoms with Gasteiger partial charge < -0.3 is 10.0 Å². The zero-order valence-corrected chi connectivity index (χ0v) is 9.77. The van der Waals surface area contributed by atoms with Crippen LogP contribution in [-0.4, -0.2) is 23.7 Å². The summed E-state index contributed by atoms with van der Waals surface area (Å²) in [6.45, 7) is 3.77. The van der Waals surface area contributed by atoms with Crippen molar-refractivity contribution in [1.82, 2.24) is 0 Å². The van der Waals surface area contributed by atoms with Crippen molar-refractivity contribution in [3.05, 3.63) is 35.4 Å². The molecular weight excluding hydrogens is 204 g/mol. The van der Waals surface area contributed by atoms with E-state index >= 15 is 0 Å². The highest BCUT2D eigenvalue weighted by atomic mass is 16.6. The van der Waals surface area contributed by atoms with Crippen molar-refractivity contribution in [2.45, 2.75) is 20.3 Å². The van der Waals surface area contributed by atoms with Crippen molar-refractivity contribution in [3.8, 4) is 0 Å². The molecule has 0 fully saturated rings. The smallest absolute Gasteiger partial charge is 0.134 e. The van der Waals surface area contributed by atoms with E-state index in [-0.39, 0.29) is 0 Å². The minimum Gasteiger partial charge on any atom is -0.411 e. The molecule has 86 valence electrons. The molecule has 0 aliphatic carbocycles. The van der Waals surface area contributed by atoms with Crippen molar-refractivity contribution in [2.24, 2.45) is 10.3 Å². The molecule has 0 atom stereocenters. The summed E-state index contributed by atoms with van der Waals surface area (Å²) in [5, 5.41) is 15.7. The summed E-state index contributed by atoms with van der Waals surface area (Å²) in [7, 11) is 1.46. The average molecular weight is 220 g/mol. The second-order valence-electron chi connectivity index (χ2n) is 3.36. The molecule has 0 aliphatic heterocycles. The van der Waals surface area contributed by atoms with Crippen LogP contribution in [0.4, 0.5) is 0 Å². The molecule has 4 heteroatoms. The minimum absolute atomic E-state index is 0.422. The molecule has 16 heavy (non-hydrogen) atoms. The Morgan fingerprint density at radius 3 is 2.38 bits per heavy atom. The predicted octanol–water partition coefficient (Wildman–Crippen LogP) is 2.45. The fourth-order valence-electron chi connectivity index (χ4n) is 1.36. The number of aryl methyl sites for hydroxylation is 1. The Morgan fingerprint density at radius 2 is 1.94 bits per heavy atom. The highest BCUT2D eigenvalue weighted by molar-refractivity contribution is 6.47. The van der Waals surface area contributed by atoms with Crippen LogP contribution in [0.1, 0.15) is 25.0 Å². The van der Waals surface area contributed by atoms with E-state index in [2.05, 4.69) is 17.2 Å². The van der Waals surface area contributed by atoms with Gasteiger partial charge in [-0.2, -0.15) is 0 Å². The first-order valence-corrected chi connectivity index (χ1v) is 5.12. The molecule has 0 radical (unpaired) electrons.